The summed E-state index contributed by atoms with van der Waals surface area (Å²) in [4.78, 5) is 16.0. The average molecular weight is 387 g/mol. The molecule has 0 aliphatic carbocycles. The fourth-order valence-electron chi connectivity index (χ4n) is 1.95. The van der Waals surface area contributed by atoms with Crippen LogP contribution in [-0.2, 0) is 0 Å². The van der Waals surface area contributed by atoms with Crippen molar-refractivity contribution in [1.82, 2.24) is 4.98 Å². The van der Waals surface area contributed by atoms with E-state index in [0.29, 0.717) is 16.7 Å². The molecule has 0 aliphatic heterocycles. The second kappa shape index (κ2) is 6.78. The monoisotopic (exact) mass is 386 g/mol. The highest BCUT2D eigenvalue weighted by atomic mass is 35.5. The van der Waals surface area contributed by atoms with E-state index in [9.17, 15) is 18.0 Å². The molecular weight excluding hydrogens is 380 g/mol. The molecule has 25 heavy (non-hydrogen) atoms. The van der Waals surface area contributed by atoms with Crippen molar-refractivity contribution >= 4 is 34.8 Å². The number of nitrogens with one attached hydrogen (secondary N) is 1. The molecule has 9 heteroatoms. The van der Waals surface area contributed by atoms with Gasteiger partial charge in [-0.3, -0.25) is 4.79 Å². The number of carbonyl (C=O) groups is 1. The molecule has 0 radical (unpaired) electrons. The summed E-state index contributed by atoms with van der Waals surface area (Å²) in [5, 5.41) is 2.70. The molecule has 3 aromatic rings. The third-order valence-corrected chi connectivity index (χ3v) is 3.93. The van der Waals surface area contributed by atoms with Crippen LogP contribution < -0.4 is 5.32 Å². The van der Waals surface area contributed by atoms with Gasteiger partial charge in [-0.05, 0) is 30.3 Å². The number of amides is 1. The zero-order valence-electron chi connectivity index (χ0n) is 12.1. The van der Waals surface area contributed by atoms with E-state index in [1.54, 1.807) is 6.07 Å². The largest absolute Gasteiger partial charge is 0.444 e. The maximum atomic E-state index is 13.6. The van der Waals surface area contributed by atoms with Crippen LogP contribution in [-0.4, -0.2) is 10.9 Å². The molecule has 1 N–H and O–H groups in total. The molecular formula is C16H7Cl2F3N2O2. The summed E-state index contributed by atoms with van der Waals surface area (Å²) in [5.41, 5.74) is -0.249. The lowest BCUT2D eigenvalue weighted by Gasteiger charge is -2.05. The Kier molecular flexibility index (Phi) is 4.69. The van der Waals surface area contributed by atoms with Crippen LogP contribution in [0, 0.1) is 17.5 Å². The number of anilines is 1. The molecule has 128 valence electrons. The number of halogens is 5. The van der Waals surface area contributed by atoms with Gasteiger partial charge in [0.05, 0.1) is 15.7 Å². The summed E-state index contributed by atoms with van der Waals surface area (Å²) in [6.07, 6.45) is 1.03. The van der Waals surface area contributed by atoms with Crippen molar-refractivity contribution in [3.05, 3.63) is 69.8 Å². The first-order valence-electron chi connectivity index (χ1n) is 6.72. The highest BCUT2D eigenvalue weighted by Crippen LogP contribution is 2.28. The summed E-state index contributed by atoms with van der Waals surface area (Å²) >= 11 is 11.7. The topological polar surface area (TPSA) is 55.1 Å². The van der Waals surface area contributed by atoms with Gasteiger partial charge in [0, 0.05) is 5.56 Å². The number of hydrogen-bond acceptors (Lipinski definition) is 3. The Morgan fingerprint density at radius 1 is 1.04 bits per heavy atom. The number of rotatable bonds is 3. The summed E-state index contributed by atoms with van der Waals surface area (Å²) < 4.78 is 44.8. The SMILES string of the molecule is O=C(Nc1ccc(F)c(F)c1F)c1coc(-c2ccc(Cl)c(Cl)c2)n1. The Balaban J connectivity index is 1.83. The molecule has 1 aromatic heterocycles. The zero-order valence-corrected chi connectivity index (χ0v) is 13.6. The number of carbonyl (C=O) groups excluding carboxylic acids is 1. The Morgan fingerprint density at radius 2 is 1.80 bits per heavy atom. The molecule has 0 saturated carbocycles. The Morgan fingerprint density at radius 3 is 2.52 bits per heavy atom. The summed E-state index contributed by atoms with van der Waals surface area (Å²) in [6, 6.07) is 6.19. The van der Waals surface area contributed by atoms with Gasteiger partial charge in [0.1, 0.15) is 6.26 Å². The minimum atomic E-state index is -1.69. The molecule has 3 rings (SSSR count). The van der Waals surface area contributed by atoms with Gasteiger partial charge in [-0.15, -0.1) is 0 Å². The van der Waals surface area contributed by atoms with E-state index in [-0.39, 0.29) is 16.6 Å². The predicted molar refractivity (Wildman–Crippen MR) is 86.2 cm³/mol. The van der Waals surface area contributed by atoms with Crippen LogP contribution in [0.2, 0.25) is 10.0 Å². The molecule has 1 heterocycles. The van der Waals surface area contributed by atoms with Crippen LogP contribution in [0.1, 0.15) is 10.5 Å². The number of hydrogen-bond donors (Lipinski definition) is 1. The quantitative estimate of drug-likeness (QED) is 0.619. The second-order valence-corrected chi connectivity index (χ2v) is 5.66. The highest BCUT2D eigenvalue weighted by molar-refractivity contribution is 6.42. The van der Waals surface area contributed by atoms with Crippen molar-refractivity contribution < 1.29 is 22.4 Å². The second-order valence-electron chi connectivity index (χ2n) is 4.84. The van der Waals surface area contributed by atoms with Crippen LogP contribution in [0.4, 0.5) is 18.9 Å². The van der Waals surface area contributed by atoms with E-state index in [2.05, 4.69) is 10.3 Å². The van der Waals surface area contributed by atoms with Crippen LogP contribution >= 0.6 is 23.2 Å². The molecule has 2 aromatic carbocycles. The molecule has 0 aliphatic rings. The summed E-state index contributed by atoms with van der Waals surface area (Å²) in [6.45, 7) is 0. The number of aromatic nitrogens is 1. The van der Waals surface area contributed by atoms with Gasteiger partial charge in [-0.1, -0.05) is 23.2 Å². The third-order valence-electron chi connectivity index (χ3n) is 3.19. The first-order chi connectivity index (χ1) is 11.9. The molecule has 0 atom stereocenters. The summed E-state index contributed by atoms with van der Waals surface area (Å²) in [5.74, 6) is -5.34. The van der Waals surface area contributed by atoms with E-state index in [1.165, 1.54) is 12.1 Å². The smallest absolute Gasteiger partial charge is 0.277 e. The molecule has 0 saturated heterocycles. The fraction of sp³-hybridized carbons (Fsp3) is 0. The van der Waals surface area contributed by atoms with Gasteiger partial charge >= 0.3 is 0 Å². The Bertz CT molecular complexity index is 976. The van der Waals surface area contributed by atoms with Crippen molar-refractivity contribution in [2.75, 3.05) is 5.32 Å². The fourth-order valence-corrected chi connectivity index (χ4v) is 2.25. The van der Waals surface area contributed by atoms with Crippen LogP contribution in [0.15, 0.2) is 41.0 Å². The van der Waals surface area contributed by atoms with Gasteiger partial charge < -0.3 is 9.73 Å². The van der Waals surface area contributed by atoms with E-state index < -0.39 is 29.0 Å². The lowest BCUT2D eigenvalue weighted by molar-refractivity contribution is 0.102. The van der Waals surface area contributed by atoms with Crippen LogP contribution in [0.25, 0.3) is 11.5 Å². The first-order valence-corrected chi connectivity index (χ1v) is 7.48. The van der Waals surface area contributed by atoms with Gasteiger partial charge in [0.2, 0.25) is 5.89 Å². The number of oxazole rings is 1. The third kappa shape index (κ3) is 3.47. The number of benzene rings is 2. The maximum absolute atomic E-state index is 13.6. The predicted octanol–water partition coefficient (Wildman–Crippen LogP) is 5.32. The number of nitrogens with zero attached hydrogens (tertiary/aromatic N) is 1. The standard InChI is InChI=1S/C16H7Cl2F3N2O2/c17-8-2-1-7(5-9(8)18)16-23-12(6-25-16)15(24)22-11-4-3-10(19)13(20)14(11)21/h1-6H,(H,22,24). The minimum absolute atomic E-state index is 0.0782. The molecule has 0 fully saturated rings. The van der Waals surface area contributed by atoms with Crippen molar-refractivity contribution in [3.63, 3.8) is 0 Å². The van der Waals surface area contributed by atoms with E-state index in [4.69, 9.17) is 27.6 Å². The lowest BCUT2D eigenvalue weighted by Crippen LogP contribution is -2.14. The van der Waals surface area contributed by atoms with Crippen molar-refractivity contribution in [2.24, 2.45) is 0 Å². The lowest BCUT2D eigenvalue weighted by atomic mass is 10.2. The van der Waals surface area contributed by atoms with Crippen molar-refractivity contribution in [1.29, 1.82) is 0 Å². The maximum Gasteiger partial charge on any atom is 0.277 e. The zero-order chi connectivity index (χ0) is 18.1. The Hall–Kier alpha value is -2.51. The molecule has 0 spiro atoms. The normalized spacial score (nSPS) is 10.8. The minimum Gasteiger partial charge on any atom is -0.444 e. The van der Waals surface area contributed by atoms with Gasteiger partial charge in [0.25, 0.3) is 5.91 Å². The van der Waals surface area contributed by atoms with E-state index in [0.717, 1.165) is 12.3 Å². The average Bonchev–Trinajstić information content (AvgIpc) is 3.08. The van der Waals surface area contributed by atoms with Gasteiger partial charge in [-0.2, -0.15) is 0 Å². The molecule has 4 nitrogen and oxygen atoms in total. The Labute approximate surface area is 149 Å². The van der Waals surface area contributed by atoms with Crippen LogP contribution in [0.3, 0.4) is 0 Å². The molecule has 1 amide bonds. The van der Waals surface area contributed by atoms with Crippen LogP contribution in [0.5, 0.6) is 0 Å². The van der Waals surface area contributed by atoms with Crippen molar-refractivity contribution in [3.8, 4) is 11.5 Å². The van der Waals surface area contributed by atoms with Gasteiger partial charge in [0.15, 0.2) is 23.1 Å². The molecule has 0 bridgehead atoms. The van der Waals surface area contributed by atoms with Gasteiger partial charge in [-0.25, -0.2) is 18.2 Å². The highest BCUT2D eigenvalue weighted by Gasteiger charge is 2.19. The first kappa shape index (κ1) is 17.3. The molecule has 0 unspecified atom stereocenters. The summed E-state index contributed by atoms with van der Waals surface area (Å²) in [7, 11) is 0. The van der Waals surface area contributed by atoms with Crippen molar-refractivity contribution in [2.45, 2.75) is 0 Å². The van der Waals surface area contributed by atoms with E-state index in [1.807, 2.05) is 0 Å². The van der Waals surface area contributed by atoms with E-state index >= 15 is 0 Å².